The molecule has 0 aromatic carbocycles. The van der Waals surface area contributed by atoms with Crippen LogP contribution in [0.1, 0.15) is 40.5 Å². The first-order valence-electron chi connectivity index (χ1n) is 4.47. The highest BCUT2D eigenvalue weighted by Crippen LogP contribution is 2.22. The summed E-state index contributed by atoms with van der Waals surface area (Å²) < 4.78 is 0. The summed E-state index contributed by atoms with van der Waals surface area (Å²) in [5.41, 5.74) is 0. The second-order valence-corrected chi connectivity index (χ2v) is 3.32. The van der Waals surface area contributed by atoms with Gasteiger partial charge in [0.05, 0.1) is 0 Å². The molecule has 14 heavy (non-hydrogen) atoms. The van der Waals surface area contributed by atoms with E-state index in [1.54, 1.807) is 13.8 Å². The average molecular weight is 210 g/mol. The van der Waals surface area contributed by atoms with Gasteiger partial charge in [-0.05, 0) is 13.8 Å². The van der Waals surface area contributed by atoms with E-state index < -0.39 is 11.6 Å². The van der Waals surface area contributed by atoms with Gasteiger partial charge in [0.1, 0.15) is 0 Å². The van der Waals surface area contributed by atoms with Gasteiger partial charge in [0.25, 0.3) is 0 Å². The molecule has 6 heteroatoms. The summed E-state index contributed by atoms with van der Waals surface area (Å²) in [6, 6.07) is 0. The highest BCUT2D eigenvalue weighted by Gasteiger charge is 2.33. The van der Waals surface area contributed by atoms with Crippen LogP contribution < -0.4 is 0 Å². The molecule has 0 heterocycles. The molecule has 0 radical (unpaired) electrons. The van der Waals surface area contributed by atoms with Crippen LogP contribution in [-0.2, 0) is 19.6 Å². The molecule has 0 fully saturated rings. The molecule has 2 unspecified atom stereocenters. The van der Waals surface area contributed by atoms with E-state index >= 15 is 0 Å². The molecular weight excluding hydrogens is 192 g/mol. The van der Waals surface area contributed by atoms with Crippen LogP contribution in [0.5, 0.6) is 0 Å². The molecule has 2 N–H and O–H groups in total. The summed E-state index contributed by atoms with van der Waals surface area (Å²) in [5, 5.41) is 17.0. The molecule has 0 aromatic heterocycles. The monoisotopic (exact) mass is 210 g/mol. The second-order valence-electron chi connectivity index (χ2n) is 3.32. The Morgan fingerprint density at radius 1 is 0.857 bits per heavy atom. The maximum atomic E-state index is 8.52. The minimum Gasteiger partial charge on any atom is -0.249 e. The normalized spacial score (nSPS) is 20.1. The quantitative estimate of drug-likeness (QED) is 0.381. The number of hydrogen-bond acceptors (Lipinski definition) is 6. The molecule has 0 bridgehead atoms. The molecule has 0 aliphatic rings. The molecule has 0 saturated carbocycles. The van der Waals surface area contributed by atoms with Crippen molar-refractivity contribution < 1.29 is 30.1 Å². The first-order valence-corrected chi connectivity index (χ1v) is 4.47. The first kappa shape index (κ1) is 13.8. The number of rotatable bonds is 7. The van der Waals surface area contributed by atoms with Gasteiger partial charge in [0, 0.05) is 12.8 Å². The van der Waals surface area contributed by atoms with Crippen LogP contribution in [0.25, 0.3) is 0 Å². The van der Waals surface area contributed by atoms with Crippen LogP contribution in [0.4, 0.5) is 0 Å². The van der Waals surface area contributed by atoms with Crippen molar-refractivity contribution in [1.82, 2.24) is 0 Å². The van der Waals surface area contributed by atoms with Crippen molar-refractivity contribution >= 4 is 0 Å². The smallest absolute Gasteiger partial charge is 0.230 e. The standard InChI is InChI=1S/C8H18O6/c1-5-7(3,11-9)13-14-8(4,6-2)12-10/h9-10H,5-6H2,1-4H3. The summed E-state index contributed by atoms with van der Waals surface area (Å²) in [4.78, 5) is 17.8. The van der Waals surface area contributed by atoms with E-state index in [9.17, 15) is 0 Å². The van der Waals surface area contributed by atoms with Gasteiger partial charge in [-0.1, -0.05) is 13.8 Å². The van der Waals surface area contributed by atoms with Crippen molar-refractivity contribution in [3.63, 3.8) is 0 Å². The first-order chi connectivity index (χ1) is 6.45. The zero-order valence-corrected chi connectivity index (χ0v) is 8.94. The Labute approximate surface area is 83.1 Å². The summed E-state index contributed by atoms with van der Waals surface area (Å²) >= 11 is 0. The maximum absolute atomic E-state index is 8.52. The van der Waals surface area contributed by atoms with Crippen LogP contribution >= 0.6 is 0 Å². The average Bonchev–Trinajstić information content (AvgIpc) is 2.25. The molecule has 0 aliphatic heterocycles. The van der Waals surface area contributed by atoms with Crippen LogP contribution in [0.2, 0.25) is 0 Å². The largest absolute Gasteiger partial charge is 0.249 e. The van der Waals surface area contributed by atoms with Crippen molar-refractivity contribution in [2.45, 2.75) is 52.1 Å². The fourth-order valence-corrected chi connectivity index (χ4v) is 0.454. The van der Waals surface area contributed by atoms with E-state index in [1.807, 2.05) is 0 Å². The molecule has 0 rings (SSSR count). The van der Waals surface area contributed by atoms with Crippen LogP contribution in [0, 0.1) is 0 Å². The number of hydrogen-bond donors (Lipinski definition) is 2. The van der Waals surface area contributed by atoms with Gasteiger partial charge < -0.3 is 0 Å². The van der Waals surface area contributed by atoms with E-state index in [4.69, 9.17) is 20.3 Å². The Bertz CT molecular complexity index is 134. The minimum absolute atomic E-state index is 0.370. The third kappa shape index (κ3) is 3.87. The predicted molar refractivity (Wildman–Crippen MR) is 47.0 cm³/mol. The molecule has 86 valence electrons. The Hall–Kier alpha value is -0.240. The summed E-state index contributed by atoms with van der Waals surface area (Å²) in [6.45, 7) is 6.45. The van der Waals surface area contributed by atoms with Crippen molar-refractivity contribution in [3.05, 3.63) is 0 Å². The molecule has 0 saturated heterocycles. The summed E-state index contributed by atoms with van der Waals surface area (Å²) in [5.74, 6) is -2.54. The molecule has 2 atom stereocenters. The van der Waals surface area contributed by atoms with E-state index in [-0.39, 0.29) is 0 Å². The lowest BCUT2D eigenvalue weighted by atomic mass is 10.2. The van der Waals surface area contributed by atoms with Crippen molar-refractivity contribution in [3.8, 4) is 0 Å². The van der Waals surface area contributed by atoms with Crippen molar-refractivity contribution in [1.29, 1.82) is 0 Å². The lowest BCUT2D eigenvalue weighted by Gasteiger charge is -2.29. The van der Waals surface area contributed by atoms with Gasteiger partial charge >= 0.3 is 0 Å². The molecule has 0 spiro atoms. The van der Waals surface area contributed by atoms with Crippen molar-refractivity contribution in [2.24, 2.45) is 0 Å². The summed E-state index contributed by atoms with van der Waals surface area (Å²) in [6.07, 6.45) is 0.740. The van der Waals surface area contributed by atoms with Gasteiger partial charge in [0.15, 0.2) is 0 Å². The molecule has 0 amide bonds. The second kappa shape index (κ2) is 5.59. The highest BCUT2D eigenvalue weighted by atomic mass is 17.3. The zero-order chi connectivity index (χ0) is 11.2. The van der Waals surface area contributed by atoms with Crippen LogP contribution in [-0.4, -0.2) is 22.1 Å². The van der Waals surface area contributed by atoms with Crippen LogP contribution in [0.15, 0.2) is 0 Å². The molecule has 6 nitrogen and oxygen atoms in total. The van der Waals surface area contributed by atoms with E-state index in [0.717, 1.165) is 0 Å². The van der Waals surface area contributed by atoms with Crippen LogP contribution in [0.3, 0.4) is 0 Å². The van der Waals surface area contributed by atoms with E-state index in [1.165, 1.54) is 13.8 Å². The fourth-order valence-electron chi connectivity index (χ4n) is 0.454. The molecular formula is C8H18O6. The topological polar surface area (TPSA) is 77.4 Å². The Kier molecular flexibility index (Phi) is 5.50. The third-order valence-electron chi connectivity index (χ3n) is 2.06. The van der Waals surface area contributed by atoms with Crippen molar-refractivity contribution in [2.75, 3.05) is 0 Å². The molecule has 0 aromatic rings. The lowest BCUT2D eigenvalue weighted by Crippen LogP contribution is -2.38. The Morgan fingerprint density at radius 3 is 1.29 bits per heavy atom. The third-order valence-corrected chi connectivity index (χ3v) is 2.06. The van der Waals surface area contributed by atoms with E-state index in [0.29, 0.717) is 12.8 Å². The fraction of sp³-hybridized carbons (Fsp3) is 1.00. The minimum atomic E-state index is -1.27. The lowest BCUT2D eigenvalue weighted by molar-refractivity contribution is -0.566. The predicted octanol–water partition coefficient (Wildman–Crippen LogP) is 2.17. The molecule has 0 aliphatic carbocycles. The van der Waals surface area contributed by atoms with Gasteiger partial charge in [-0.3, -0.25) is 0 Å². The zero-order valence-electron chi connectivity index (χ0n) is 8.94. The Balaban J connectivity index is 4.14. The van der Waals surface area contributed by atoms with Gasteiger partial charge in [-0.2, -0.15) is 9.78 Å². The summed E-state index contributed by atoms with van der Waals surface area (Å²) in [7, 11) is 0. The maximum Gasteiger partial charge on any atom is 0.230 e. The highest BCUT2D eigenvalue weighted by molar-refractivity contribution is 4.57. The Morgan fingerprint density at radius 2 is 1.14 bits per heavy atom. The van der Waals surface area contributed by atoms with Gasteiger partial charge in [-0.25, -0.2) is 20.3 Å². The van der Waals surface area contributed by atoms with E-state index in [2.05, 4.69) is 9.78 Å². The van der Waals surface area contributed by atoms with Gasteiger partial charge in [-0.15, -0.1) is 0 Å². The SMILES string of the molecule is CCC(C)(OO)OOC(C)(CC)OO. The van der Waals surface area contributed by atoms with Gasteiger partial charge in [0.2, 0.25) is 11.6 Å².